The highest BCUT2D eigenvalue weighted by molar-refractivity contribution is 6.14. The number of rotatable bonds is 4. The Morgan fingerprint density at radius 1 is 1.25 bits per heavy atom. The highest BCUT2D eigenvalue weighted by Gasteiger charge is 2.28. The van der Waals surface area contributed by atoms with Crippen LogP contribution in [0.1, 0.15) is 28.8 Å². The zero-order chi connectivity index (χ0) is 17.3. The van der Waals surface area contributed by atoms with Gasteiger partial charge in [0, 0.05) is 12.1 Å². The molecule has 124 valence electrons. The third kappa shape index (κ3) is 3.03. The number of hydrogen-bond donors (Lipinski definition) is 0. The number of allylic oxidation sites excluding steroid dienone is 1. The molecule has 0 bridgehead atoms. The van der Waals surface area contributed by atoms with Crippen LogP contribution >= 0.6 is 0 Å². The van der Waals surface area contributed by atoms with Crippen LogP contribution in [0.15, 0.2) is 40.5 Å². The SMILES string of the molecule is COC(=O)[C@@H](C)Oc1ccc2c(c1)O/C(=C\c1ccc(C)o1)C2=O. The predicted octanol–water partition coefficient (Wildman–Crippen LogP) is 3.14. The molecule has 1 aromatic heterocycles. The Morgan fingerprint density at radius 3 is 2.71 bits per heavy atom. The summed E-state index contributed by atoms with van der Waals surface area (Å²) in [5.41, 5.74) is 0.433. The zero-order valence-corrected chi connectivity index (χ0v) is 13.5. The number of furan rings is 1. The van der Waals surface area contributed by atoms with E-state index >= 15 is 0 Å². The van der Waals surface area contributed by atoms with Crippen molar-refractivity contribution >= 4 is 17.8 Å². The molecule has 0 saturated heterocycles. The molecule has 3 rings (SSSR count). The molecule has 6 heteroatoms. The van der Waals surface area contributed by atoms with Gasteiger partial charge in [-0.25, -0.2) is 4.79 Å². The Kier molecular flexibility index (Phi) is 4.12. The minimum absolute atomic E-state index is 0.178. The van der Waals surface area contributed by atoms with E-state index in [0.717, 1.165) is 5.76 Å². The van der Waals surface area contributed by atoms with E-state index in [4.69, 9.17) is 13.9 Å². The molecule has 1 aliphatic heterocycles. The van der Waals surface area contributed by atoms with Gasteiger partial charge in [-0.1, -0.05) is 0 Å². The van der Waals surface area contributed by atoms with E-state index in [1.165, 1.54) is 7.11 Å². The van der Waals surface area contributed by atoms with Crippen molar-refractivity contribution in [3.05, 3.63) is 53.2 Å². The largest absolute Gasteiger partial charge is 0.479 e. The number of carbonyl (C=O) groups excluding carboxylic acids is 2. The molecule has 0 amide bonds. The van der Waals surface area contributed by atoms with Crippen LogP contribution in [0.3, 0.4) is 0 Å². The summed E-state index contributed by atoms with van der Waals surface area (Å²) in [7, 11) is 1.29. The quantitative estimate of drug-likeness (QED) is 0.634. The number of carbonyl (C=O) groups is 2. The maximum absolute atomic E-state index is 12.3. The minimum atomic E-state index is -0.758. The van der Waals surface area contributed by atoms with Crippen LogP contribution in [0.4, 0.5) is 0 Å². The lowest BCUT2D eigenvalue weighted by molar-refractivity contribution is -0.147. The molecule has 0 fully saturated rings. The number of fused-ring (bicyclic) bond motifs is 1. The number of esters is 1. The maximum atomic E-state index is 12.3. The van der Waals surface area contributed by atoms with Crippen LogP contribution in [0.25, 0.3) is 6.08 Å². The predicted molar refractivity (Wildman–Crippen MR) is 84.9 cm³/mol. The Hall–Kier alpha value is -3.02. The first-order valence-electron chi connectivity index (χ1n) is 7.37. The van der Waals surface area contributed by atoms with Crippen molar-refractivity contribution in [3.63, 3.8) is 0 Å². The third-order valence-electron chi connectivity index (χ3n) is 3.52. The van der Waals surface area contributed by atoms with Crippen LogP contribution < -0.4 is 9.47 Å². The van der Waals surface area contributed by atoms with E-state index < -0.39 is 12.1 Å². The number of hydrogen-bond acceptors (Lipinski definition) is 6. The molecule has 1 atom stereocenters. The van der Waals surface area contributed by atoms with Gasteiger partial charge in [0.1, 0.15) is 23.0 Å². The second-order valence-corrected chi connectivity index (χ2v) is 5.33. The molecule has 0 saturated carbocycles. The van der Waals surface area contributed by atoms with Gasteiger partial charge in [-0.3, -0.25) is 4.79 Å². The lowest BCUT2D eigenvalue weighted by atomic mass is 10.1. The van der Waals surface area contributed by atoms with Gasteiger partial charge in [-0.2, -0.15) is 0 Å². The number of benzene rings is 1. The lowest BCUT2D eigenvalue weighted by Gasteiger charge is -2.12. The van der Waals surface area contributed by atoms with Crippen molar-refractivity contribution in [2.45, 2.75) is 20.0 Å². The summed E-state index contributed by atoms with van der Waals surface area (Å²) >= 11 is 0. The first kappa shape index (κ1) is 15.9. The van der Waals surface area contributed by atoms with E-state index in [0.29, 0.717) is 22.8 Å². The van der Waals surface area contributed by atoms with Gasteiger partial charge in [-0.05, 0) is 38.1 Å². The Bertz CT molecular complexity index is 830. The van der Waals surface area contributed by atoms with E-state index in [2.05, 4.69) is 4.74 Å². The molecule has 24 heavy (non-hydrogen) atoms. The van der Waals surface area contributed by atoms with Gasteiger partial charge in [0.05, 0.1) is 12.7 Å². The van der Waals surface area contributed by atoms with Crippen molar-refractivity contribution < 1.29 is 28.2 Å². The fraction of sp³-hybridized carbons (Fsp3) is 0.222. The van der Waals surface area contributed by atoms with E-state index in [9.17, 15) is 9.59 Å². The van der Waals surface area contributed by atoms with Gasteiger partial charge in [-0.15, -0.1) is 0 Å². The second kappa shape index (κ2) is 6.23. The number of aryl methyl sites for hydroxylation is 1. The first-order valence-corrected chi connectivity index (χ1v) is 7.37. The molecular weight excluding hydrogens is 312 g/mol. The van der Waals surface area contributed by atoms with Gasteiger partial charge in [0.25, 0.3) is 0 Å². The fourth-order valence-corrected chi connectivity index (χ4v) is 2.32. The molecule has 0 unspecified atom stereocenters. The van der Waals surface area contributed by atoms with Crippen LogP contribution in [0, 0.1) is 6.92 Å². The lowest BCUT2D eigenvalue weighted by Crippen LogP contribution is -2.24. The summed E-state index contributed by atoms with van der Waals surface area (Å²) in [5.74, 6) is 1.54. The summed E-state index contributed by atoms with van der Waals surface area (Å²) in [4.78, 5) is 23.8. The standard InChI is InChI=1S/C18H16O6/c1-10-4-5-12(22-10)9-16-17(19)14-7-6-13(8-15(14)24-16)23-11(2)18(20)21-3/h4-9,11H,1-3H3/b16-9-/t11-/m1/s1. The second-order valence-electron chi connectivity index (χ2n) is 5.33. The average molecular weight is 328 g/mol. The highest BCUT2D eigenvalue weighted by atomic mass is 16.6. The summed E-state index contributed by atoms with van der Waals surface area (Å²) in [6.07, 6.45) is 0.790. The molecule has 1 aromatic carbocycles. The number of ether oxygens (including phenoxy) is 3. The van der Waals surface area contributed by atoms with Crippen molar-refractivity contribution in [3.8, 4) is 11.5 Å². The van der Waals surface area contributed by atoms with Crippen LogP contribution in [0.5, 0.6) is 11.5 Å². The van der Waals surface area contributed by atoms with Crippen molar-refractivity contribution in [1.29, 1.82) is 0 Å². The highest BCUT2D eigenvalue weighted by Crippen LogP contribution is 2.35. The summed E-state index contributed by atoms with van der Waals surface area (Å²) in [6.45, 7) is 3.40. The molecule has 0 radical (unpaired) electrons. The summed E-state index contributed by atoms with van der Waals surface area (Å²) in [5, 5.41) is 0. The fourth-order valence-electron chi connectivity index (χ4n) is 2.32. The normalized spacial score (nSPS) is 15.8. The van der Waals surface area contributed by atoms with Crippen molar-refractivity contribution in [1.82, 2.24) is 0 Å². The Balaban J connectivity index is 1.81. The molecule has 2 aromatic rings. The van der Waals surface area contributed by atoms with Crippen molar-refractivity contribution in [2.75, 3.05) is 7.11 Å². The Labute approximate surface area is 138 Å². The van der Waals surface area contributed by atoms with Crippen LogP contribution in [-0.2, 0) is 9.53 Å². The molecule has 1 aliphatic rings. The zero-order valence-electron chi connectivity index (χ0n) is 13.5. The molecule has 0 spiro atoms. The molecular formula is C18H16O6. The summed E-state index contributed by atoms with van der Waals surface area (Å²) < 4.78 is 21.1. The molecule has 0 aliphatic carbocycles. The number of Topliss-reactive ketones (excluding diaryl/α,β-unsaturated/α-hetero) is 1. The topological polar surface area (TPSA) is 75.0 Å². The molecule has 2 heterocycles. The maximum Gasteiger partial charge on any atom is 0.346 e. The average Bonchev–Trinajstić information content (AvgIpc) is 3.10. The minimum Gasteiger partial charge on any atom is -0.479 e. The Morgan fingerprint density at radius 2 is 2.04 bits per heavy atom. The number of ketones is 1. The monoisotopic (exact) mass is 328 g/mol. The smallest absolute Gasteiger partial charge is 0.346 e. The van der Waals surface area contributed by atoms with Gasteiger partial charge >= 0.3 is 5.97 Å². The third-order valence-corrected chi connectivity index (χ3v) is 3.52. The van der Waals surface area contributed by atoms with Crippen LogP contribution in [-0.4, -0.2) is 25.0 Å². The first-order chi connectivity index (χ1) is 11.5. The summed E-state index contributed by atoms with van der Waals surface area (Å²) in [6, 6.07) is 8.35. The van der Waals surface area contributed by atoms with Crippen molar-refractivity contribution in [2.24, 2.45) is 0 Å². The van der Waals surface area contributed by atoms with Gasteiger partial charge in [0.2, 0.25) is 5.78 Å². The van der Waals surface area contributed by atoms with E-state index in [-0.39, 0.29) is 11.5 Å². The molecule has 0 N–H and O–H groups in total. The molecule has 6 nitrogen and oxygen atoms in total. The van der Waals surface area contributed by atoms with Gasteiger partial charge < -0.3 is 18.6 Å². The number of methoxy groups -OCH3 is 1. The van der Waals surface area contributed by atoms with E-state index in [1.807, 2.05) is 6.92 Å². The van der Waals surface area contributed by atoms with Crippen LogP contribution in [0.2, 0.25) is 0 Å². The van der Waals surface area contributed by atoms with E-state index in [1.54, 1.807) is 43.3 Å². The van der Waals surface area contributed by atoms with Gasteiger partial charge in [0.15, 0.2) is 11.9 Å².